The fraction of sp³-hybridized carbons (Fsp3) is 1.00. The standard InChI is InChI=1S/C11H24N2O3S/c1-3-13-7-5-11(6-8-13)12(2)17(15,16)10-4-9-14/h11,14H,3-10H2,1-2H3. The van der Waals surface area contributed by atoms with Crippen LogP contribution in [-0.2, 0) is 10.0 Å². The predicted molar refractivity (Wildman–Crippen MR) is 68.4 cm³/mol. The van der Waals surface area contributed by atoms with Gasteiger partial charge in [0.05, 0.1) is 5.75 Å². The second-order valence-corrected chi connectivity index (χ2v) is 6.72. The molecule has 0 amide bonds. The molecule has 0 aliphatic carbocycles. The fourth-order valence-electron chi connectivity index (χ4n) is 2.22. The maximum Gasteiger partial charge on any atom is 0.214 e. The van der Waals surface area contributed by atoms with Crippen molar-refractivity contribution < 1.29 is 13.5 Å². The fourth-order valence-corrected chi connectivity index (χ4v) is 3.66. The highest BCUT2D eigenvalue weighted by Crippen LogP contribution is 2.18. The third-order valence-corrected chi connectivity index (χ3v) is 5.50. The van der Waals surface area contributed by atoms with Crippen LogP contribution < -0.4 is 0 Å². The van der Waals surface area contributed by atoms with Gasteiger partial charge >= 0.3 is 0 Å². The number of aliphatic hydroxyl groups excluding tert-OH is 1. The molecule has 102 valence electrons. The van der Waals surface area contributed by atoms with Crippen LogP contribution in [0.5, 0.6) is 0 Å². The van der Waals surface area contributed by atoms with E-state index in [0.29, 0.717) is 6.42 Å². The monoisotopic (exact) mass is 264 g/mol. The van der Waals surface area contributed by atoms with Gasteiger partial charge in [-0.15, -0.1) is 0 Å². The van der Waals surface area contributed by atoms with E-state index in [4.69, 9.17) is 5.11 Å². The first-order valence-electron chi connectivity index (χ1n) is 6.30. The Kier molecular flexibility index (Phi) is 5.85. The highest BCUT2D eigenvalue weighted by Gasteiger charge is 2.28. The maximum atomic E-state index is 11.9. The molecule has 0 unspecified atom stereocenters. The van der Waals surface area contributed by atoms with E-state index in [0.717, 1.165) is 32.5 Å². The first kappa shape index (κ1) is 14.9. The molecule has 1 aliphatic heterocycles. The number of hydrogen-bond donors (Lipinski definition) is 1. The van der Waals surface area contributed by atoms with Crippen LogP contribution >= 0.6 is 0 Å². The Labute approximate surface area is 104 Å². The predicted octanol–water partition coefficient (Wildman–Crippen LogP) is 0.115. The van der Waals surface area contributed by atoms with Crippen molar-refractivity contribution in [3.05, 3.63) is 0 Å². The topological polar surface area (TPSA) is 60.9 Å². The number of sulfonamides is 1. The van der Waals surface area contributed by atoms with Crippen LogP contribution in [0.15, 0.2) is 0 Å². The van der Waals surface area contributed by atoms with Crippen molar-refractivity contribution in [2.45, 2.75) is 32.2 Å². The average molecular weight is 264 g/mol. The van der Waals surface area contributed by atoms with E-state index in [-0.39, 0.29) is 18.4 Å². The SMILES string of the molecule is CCN1CCC(N(C)S(=O)(=O)CCCO)CC1. The molecule has 1 rings (SSSR count). The number of aliphatic hydroxyl groups is 1. The van der Waals surface area contributed by atoms with E-state index in [1.165, 1.54) is 4.31 Å². The van der Waals surface area contributed by atoms with Gasteiger partial charge < -0.3 is 10.0 Å². The maximum absolute atomic E-state index is 11.9. The molecule has 1 heterocycles. The Morgan fingerprint density at radius 1 is 1.35 bits per heavy atom. The highest BCUT2D eigenvalue weighted by atomic mass is 32.2. The molecule has 17 heavy (non-hydrogen) atoms. The van der Waals surface area contributed by atoms with E-state index < -0.39 is 10.0 Å². The smallest absolute Gasteiger partial charge is 0.214 e. The van der Waals surface area contributed by atoms with Crippen molar-refractivity contribution in [2.75, 3.05) is 39.0 Å². The molecule has 1 aliphatic rings. The largest absolute Gasteiger partial charge is 0.396 e. The minimum absolute atomic E-state index is 0.0496. The van der Waals surface area contributed by atoms with Gasteiger partial charge in [0.15, 0.2) is 0 Å². The number of hydrogen-bond acceptors (Lipinski definition) is 4. The van der Waals surface area contributed by atoms with Gasteiger partial charge in [0.1, 0.15) is 0 Å². The average Bonchev–Trinajstić information content (AvgIpc) is 2.35. The zero-order valence-electron chi connectivity index (χ0n) is 10.8. The van der Waals surface area contributed by atoms with Crippen LogP contribution in [0.4, 0.5) is 0 Å². The minimum atomic E-state index is -3.19. The summed E-state index contributed by atoms with van der Waals surface area (Å²) in [5.74, 6) is 0.0496. The van der Waals surface area contributed by atoms with Crippen molar-refractivity contribution >= 4 is 10.0 Å². The number of nitrogens with zero attached hydrogens (tertiary/aromatic N) is 2. The van der Waals surface area contributed by atoms with Gasteiger partial charge in [-0.25, -0.2) is 12.7 Å². The molecule has 0 aromatic carbocycles. The molecule has 0 aromatic rings. The second kappa shape index (κ2) is 6.68. The van der Waals surface area contributed by atoms with E-state index in [9.17, 15) is 8.42 Å². The van der Waals surface area contributed by atoms with Crippen LogP contribution in [0.25, 0.3) is 0 Å². The molecule has 0 aromatic heterocycles. The zero-order chi connectivity index (χ0) is 12.9. The second-order valence-electron chi connectivity index (χ2n) is 4.57. The summed E-state index contributed by atoms with van der Waals surface area (Å²) < 4.78 is 25.4. The molecular formula is C11H24N2O3S. The van der Waals surface area contributed by atoms with Gasteiger partial charge in [-0.3, -0.25) is 0 Å². The molecule has 1 N–H and O–H groups in total. The van der Waals surface area contributed by atoms with Gasteiger partial charge in [0.25, 0.3) is 0 Å². The van der Waals surface area contributed by atoms with E-state index in [1.54, 1.807) is 7.05 Å². The lowest BCUT2D eigenvalue weighted by atomic mass is 10.1. The van der Waals surface area contributed by atoms with Crippen LogP contribution in [0.3, 0.4) is 0 Å². The summed E-state index contributed by atoms with van der Waals surface area (Å²) in [5.41, 5.74) is 0. The number of likely N-dealkylation sites (tertiary alicyclic amines) is 1. The first-order valence-corrected chi connectivity index (χ1v) is 7.91. The van der Waals surface area contributed by atoms with Gasteiger partial charge in [-0.05, 0) is 38.9 Å². The molecule has 0 saturated carbocycles. The van der Waals surface area contributed by atoms with E-state index in [2.05, 4.69) is 11.8 Å². The Morgan fingerprint density at radius 3 is 2.41 bits per heavy atom. The summed E-state index contributed by atoms with van der Waals surface area (Å²) in [4.78, 5) is 2.34. The third-order valence-electron chi connectivity index (χ3n) is 3.52. The lowest BCUT2D eigenvalue weighted by Crippen LogP contribution is -2.46. The number of rotatable bonds is 6. The van der Waals surface area contributed by atoms with Crippen LogP contribution in [-0.4, -0.2) is 67.8 Å². The summed E-state index contributed by atoms with van der Waals surface area (Å²) in [5, 5.41) is 8.70. The molecule has 1 saturated heterocycles. The minimum Gasteiger partial charge on any atom is -0.396 e. The van der Waals surface area contributed by atoms with Gasteiger partial charge in [-0.1, -0.05) is 6.92 Å². The molecule has 0 atom stereocenters. The van der Waals surface area contributed by atoms with Crippen molar-refractivity contribution in [2.24, 2.45) is 0 Å². The molecular weight excluding hydrogens is 240 g/mol. The quantitative estimate of drug-likeness (QED) is 0.740. The first-order chi connectivity index (χ1) is 8.01. The summed E-state index contributed by atoms with van der Waals surface area (Å²) in [6.07, 6.45) is 2.13. The van der Waals surface area contributed by atoms with Crippen LogP contribution in [0.1, 0.15) is 26.2 Å². The molecule has 1 fully saturated rings. The third kappa shape index (κ3) is 4.21. The normalized spacial score (nSPS) is 20.0. The van der Waals surface area contributed by atoms with Gasteiger partial charge in [0, 0.05) is 19.7 Å². The van der Waals surface area contributed by atoms with Gasteiger partial charge in [0.2, 0.25) is 10.0 Å². The van der Waals surface area contributed by atoms with Crippen molar-refractivity contribution in [3.8, 4) is 0 Å². The molecule has 0 bridgehead atoms. The van der Waals surface area contributed by atoms with E-state index in [1.807, 2.05) is 0 Å². The highest BCUT2D eigenvalue weighted by molar-refractivity contribution is 7.89. The van der Waals surface area contributed by atoms with Gasteiger partial charge in [-0.2, -0.15) is 0 Å². The van der Waals surface area contributed by atoms with Crippen molar-refractivity contribution in [1.82, 2.24) is 9.21 Å². The Bertz CT molecular complexity index is 311. The summed E-state index contributed by atoms with van der Waals surface area (Å²) in [6, 6.07) is 0.126. The summed E-state index contributed by atoms with van der Waals surface area (Å²) in [7, 11) is -1.53. The number of piperidine rings is 1. The lowest BCUT2D eigenvalue weighted by Gasteiger charge is -2.35. The lowest BCUT2D eigenvalue weighted by molar-refractivity contribution is 0.176. The molecule has 0 spiro atoms. The molecule has 5 nitrogen and oxygen atoms in total. The summed E-state index contributed by atoms with van der Waals surface area (Å²) >= 11 is 0. The Balaban J connectivity index is 2.50. The summed E-state index contributed by atoms with van der Waals surface area (Å²) in [6.45, 7) is 5.04. The van der Waals surface area contributed by atoms with Crippen molar-refractivity contribution in [3.63, 3.8) is 0 Å². The molecule has 6 heteroatoms. The van der Waals surface area contributed by atoms with E-state index >= 15 is 0 Å². The Morgan fingerprint density at radius 2 is 1.94 bits per heavy atom. The van der Waals surface area contributed by atoms with Crippen LogP contribution in [0, 0.1) is 0 Å². The molecule has 0 radical (unpaired) electrons. The Hall–Kier alpha value is -0.170. The van der Waals surface area contributed by atoms with Crippen LogP contribution in [0.2, 0.25) is 0 Å². The van der Waals surface area contributed by atoms with Crippen molar-refractivity contribution in [1.29, 1.82) is 0 Å². The zero-order valence-corrected chi connectivity index (χ0v) is 11.6.